The van der Waals surface area contributed by atoms with Gasteiger partial charge in [-0.05, 0) is 37.1 Å². The van der Waals surface area contributed by atoms with Gasteiger partial charge in [-0.2, -0.15) is 4.98 Å². The summed E-state index contributed by atoms with van der Waals surface area (Å²) in [4.78, 5) is 30.9. The molecule has 2 aromatic heterocycles. The number of nitrogens with one attached hydrogen (secondary N) is 1. The summed E-state index contributed by atoms with van der Waals surface area (Å²) < 4.78 is 5.40. The smallest absolute Gasteiger partial charge is 0.293 e. The van der Waals surface area contributed by atoms with Gasteiger partial charge >= 0.3 is 0 Å². The number of carbonyl (C=O) groups is 1. The first-order chi connectivity index (χ1) is 13.4. The van der Waals surface area contributed by atoms with Gasteiger partial charge in [0.25, 0.3) is 5.69 Å². The second-order valence-electron chi connectivity index (χ2n) is 6.61. The molecule has 0 fully saturated rings. The number of ketones is 1. The number of rotatable bonds is 7. The Morgan fingerprint density at radius 3 is 2.68 bits per heavy atom. The molecule has 2 heterocycles. The Morgan fingerprint density at radius 2 is 2.07 bits per heavy atom. The van der Waals surface area contributed by atoms with Crippen LogP contribution < -0.4 is 5.32 Å². The third-order valence-corrected chi connectivity index (χ3v) is 4.21. The van der Waals surface area contributed by atoms with Crippen molar-refractivity contribution in [3.8, 4) is 11.4 Å². The van der Waals surface area contributed by atoms with Crippen molar-refractivity contribution in [3.63, 3.8) is 0 Å². The van der Waals surface area contributed by atoms with Crippen LogP contribution >= 0.6 is 0 Å². The maximum absolute atomic E-state index is 11.5. The SMILES string of the molecule is CC(=O)c1ccc(NC(c2nc(-c3cccnc3)no2)C(C)C)c([N+](=O)[O-])c1. The van der Waals surface area contributed by atoms with Crippen LogP contribution in [0.25, 0.3) is 11.4 Å². The lowest BCUT2D eigenvalue weighted by molar-refractivity contribution is -0.384. The fourth-order valence-corrected chi connectivity index (χ4v) is 2.68. The van der Waals surface area contributed by atoms with Gasteiger partial charge in [0.05, 0.1) is 4.92 Å². The number of nitro groups is 1. The summed E-state index contributed by atoms with van der Waals surface area (Å²) in [5.74, 6) is 0.443. The summed E-state index contributed by atoms with van der Waals surface area (Å²) in [6, 6.07) is 7.44. The second-order valence-corrected chi connectivity index (χ2v) is 6.61. The van der Waals surface area contributed by atoms with Crippen molar-refractivity contribution in [2.45, 2.75) is 26.8 Å². The van der Waals surface area contributed by atoms with Crippen LogP contribution in [0.1, 0.15) is 43.1 Å². The molecule has 1 aromatic carbocycles. The number of Topliss-reactive ketones (excluding diaryl/α,β-unsaturated/α-hetero) is 1. The molecule has 3 rings (SSSR count). The number of anilines is 1. The zero-order valence-corrected chi connectivity index (χ0v) is 15.6. The highest BCUT2D eigenvalue weighted by Crippen LogP contribution is 2.32. The fraction of sp³-hybridized carbons (Fsp3) is 0.263. The average Bonchev–Trinajstić information content (AvgIpc) is 3.16. The lowest BCUT2D eigenvalue weighted by atomic mass is 10.0. The van der Waals surface area contributed by atoms with Gasteiger partial charge in [-0.3, -0.25) is 19.9 Å². The van der Waals surface area contributed by atoms with Crippen LogP contribution in [0.5, 0.6) is 0 Å². The number of nitrogens with zero attached hydrogens (tertiary/aromatic N) is 4. The van der Waals surface area contributed by atoms with Gasteiger partial charge < -0.3 is 9.84 Å². The molecular formula is C19H19N5O4. The Bertz CT molecular complexity index is 1000. The van der Waals surface area contributed by atoms with Gasteiger partial charge in [0, 0.05) is 29.6 Å². The minimum absolute atomic E-state index is 0.00529. The van der Waals surface area contributed by atoms with Crippen molar-refractivity contribution >= 4 is 17.2 Å². The van der Waals surface area contributed by atoms with Gasteiger partial charge in [-0.1, -0.05) is 19.0 Å². The average molecular weight is 381 g/mol. The van der Waals surface area contributed by atoms with E-state index in [2.05, 4.69) is 20.4 Å². The Hall–Kier alpha value is -3.62. The molecule has 1 atom stereocenters. The first kappa shape index (κ1) is 19.2. The van der Waals surface area contributed by atoms with E-state index in [1.165, 1.54) is 19.1 Å². The second kappa shape index (κ2) is 7.95. The molecule has 0 radical (unpaired) electrons. The van der Waals surface area contributed by atoms with E-state index in [0.717, 1.165) is 0 Å². The largest absolute Gasteiger partial charge is 0.368 e. The number of pyridine rings is 1. The molecule has 0 saturated carbocycles. The maximum Gasteiger partial charge on any atom is 0.293 e. The lowest BCUT2D eigenvalue weighted by Crippen LogP contribution is -2.18. The molecular weight excluding hydrogens is 362 g/mol. The number of aromatic nitrogens is 3. The standard InChI is InChI=1S/C19H19N5O4/c1-11(2)17(19-22-18(23-28-19)14-5-4-8-20-10-14)21-15-7-6-13(12(3)25)9-16(15)24(26)27/h4-11,17,21H,1-3H3. The number of hydrogen-bond donors (Lipinski definition) is 1. The Kier molecular flexibility index (Phi) is 5.44. The molecule has 144 valence electrons. The first-order valence-corrected chi connectivity index (χ1v) is 8.66. The normalized spacial score (nSPS) is 12.0. The van der Waals surface area contributed by atoms with E-state index in [1.54, 1.807) is 24.5 Å². The van der Waals surface area contributed by atoms with E-state index < -0.39 is 11.0 Å². The zero-order chi connectivity index (χ0) is 20.3. The highest BCUT2D eigenvalue weighted by Gasteiger charge is 2.26. The molecule has 0 amide bonds. The third kappa shape index (κ3) is 4.03. The van der Waals surface area contributed by atoms with E-state index in [1.807, 2.05) is 19.9 Å². The van der Waals surface area contributed by atoms with Crippen LogP contribution in [0.15, 0.2) is 47.2 Å². The number of hydrogen-bond acceptors (Lipinski definition) is 8. The molecule has 1 unspecified atom stereocenters. The predicted molar refractivity (Wildman–Crippen MR) is 102 cm³/mol. The Balaban J connectivity index is 1.94. The van der Waals surface area contributed by atoms with E-state index in [0.29, 0.717) is 17.3 Å². The number of carbonyl (C=O) groups excluding carboxylic acids is 1. The van der Waals surface area contributed by atoms with Crippen molar-refractivity contribution in [2.75, 3.05) is 5.32 Å². The fourth-order valence-electron chi connectivity index (χ4n) is 2.68. The zero-order valence-electron chi connectivity index (χ0n) is 15.6. The van der Waals surface area contributed by atoms with Crippen LogP contribution in [0.3, 0.4) is 0 Å². The molecule has 0 aliphatic rings. The molecule has 1 N–H and O–H groups in total. The monoisotopic (exact) mass is 381 g/mol. The van der Waals surface area contributed by atoms with Crippen molar-refractivity contribution in [3.05, 3.63) is 64.3 Å². The van der Waals surface area contributed by atoms with E-state index in [-0.39, 0.29) is 28.6 Å². The van der Waals surface area contributed by atoms with Gasteiger partial charge in [0.2, 0.25) is 11.7 Å². The van der Waals surface area contributed by atoms with E-state index >= 15 is 0 Å². The van der Waals surface area contributed by atoms with Crippen molar-refractivity contribution in [1.82, 2.24) is 15.1 Å². The number of benzene rings is 1. The number of nitro benzene ring substituents is 1. The summed E-state index contributed by atoms with van der Waals surface area (Å²) in [5, 5.41) is 18.6. The summed E-state index contributed by atoms with van der Waals surface area (Å²) in [7, 11) is 0. The topological polar surface area (TPSA) is 124 Å². The summed E-state index contributed by atoms with van der Waals surface area (Å²) in [6.07, 6.45) is 3.27. The van der Waals surface area contributed by atoms with Crippen LogP contribution in [-0.4, -0.2) is 25.8 Å². The summed E-state index contributed by atoms with van der Waals surface area (Å²) in [5.41, 5.74) is 1.06. The van der Waals surface area contributed by atoms with Crippen LogP contribution in [0, 0.1) is 16.0 Å². The molecule has 9 nitrogen and oxygen atoms in total. The molecule has 0 spiro atoms. The summed E-state index contributed by atoms with van der Waals surface area (Å²) >= 11 is 0. The summed E-state index contributed by atoms with van der Waals surface area (Å²) in [6.45, 7) is 5.23. The highest BCUT2D eigenvalue weighted by molar-refractivity contribution is 5.95. The van der Waals surface area contributed by atoms with E-state index in [4.69, 9.17) is 4.52 Å². The molecule has 28 heavy (non-hydrogen) atoms. The van der Waals surface area contributed by atoms with Gasteiger partial charge in [-0.15, -0.1) is 0 Å². The Labute approximate surface area is 161 Å². The quantitative estimate of drug-likeness (QED) is 0.369. The highest BCUT2D eigenvalue weighted by atomic mass is 16.6. The van der Waals surface area contributed by atoms with Crippen molar-refractivity contribution < 1.29 is 14.2 Å². The third-order valence-electron chi connectivity index (χ3n) is 4.21. The van der Waals surface area contributed by atoms with Crippen molar-refractivity contribution in [2.24, 2.45) is 5.92 Å². The molecule has 0 saturated heterocycles. The lowest BCUT2D eigenvalue weighted by Gasteiger charge is -2.19. The predicted octanol–water partition coefficient (Wildman–Crippen LogP) is 4.05. The molecule has 0 aliphatic carbocycles. The van der Waals surface area contributed by atoms with Crippen LogP contribution in [0.2, 0.25) is 0 Å². The van der Waals surface area contributed by atoms with Crippen molar-refractivity contribution in [1.29, 1.82) is 0 Å². The first-order valence-electron chi connectivity index (χ1n) is 8.66. The molecule has 9 heteroatoms. The minimum Gasteiger partial charge on any atom is -0.368 e. The molecule has 0 bridgehead atoms. The maximum atomic E-state index is 11.5. The molecule has 3 aromatic rings. The molecule has 0 aliphatic heterocycles. The van der Waals surface area contributed by atoms with Gasteiger partial charge in [0.1, 0.15) is 11.7 Å². The van der Waals surface area contributed by atoms with Crippen LogP contribution in [0.4, 0.5) is 11.4 Å². The van der Waals surface area contributed by atoms with Gasteiger partial charge in [-0.25, -0.2) is 0 Å². The van der Waals surface area contributed by atoms with Gasteiger partial charge in [0.15, 0.2) is 5.78 Å². The van der Waals surface area contributed by atoms with E-state index in [9.17, 15) is 14.9 Å². The van der Waals surface area contributed by atoms with Crippen LogP contribution in [-0.2, 0) is 0 Å². The Morgan fingerprint density at radius 1 is 1.29 bits per heavy atom. The minimum atomic E-state index is -0.527.